The lowest BCUT2D eigenvalue weighted by molar-refractivity contribution is -0.140. The van der Waals surface area contributed by atoms with Gasteiger partial charge in [-0.25, -0.2) is 0 Å². The molecule has 34 heavy (non-hydrogen) atoms. The zero-order valence-corrected chi connectivity index (χ0v) is 20.1. The fraction of sp³-hybridized carbons (Fsp3) is 0.593. The first-order valence-corrected chi connectivity index (χ1v) is 12.7. The van der Waals surface area contributed by atoms with Crippen molar-refractivity contribution in [3.63, 3.8) is 0 Å². The van der Waals surface area contributed by atoms with Crippen molar-refractivity contribution in [2.75, 3.05) is 26.3 Å². The Hall–Kier alpha value is -2.67. The van der Waals surface area contributed by atoms with Crippen LogP contribution in [0.5, 0.6) is 0 Å². The first kappa shape index (κ1) is 24.5. The van der Waals surface area contributed by atoms with Crippen LogP contribution in [0.15, 0.2) is 42.5 Å². The highest BCUT2D eigenvalue weighted by Gasteiger charge is 2.41. The molecule has 184 valence electrons. The third-order valence-corrected chi connectivity index (χ3v) is 7.67. The van der Waals surface area contributed by atoms with Gasteiger partial charge in [0.1, 0.15) is 6.04 Å². The van der Waals surface area contributed by atoms with Crippen LogP contribution >= 0.6 is 0 Å². The Balaban J connectivity index is 1.60. The Morgan fingerprint density at radius 3 is 2.62 bits per heavy atom. The Morgan fingerprint density at radius 1 is 1.12 bits per heavy atom. The minimum absolute atomic E-state index is 0.0234. The lowest BCUT2D eigenvalue weighted by Crippen LogP contribution is -2.58. The molecule has 0 saturated carbocycles. The molecule has 2 fully saturated rings. The molecular formula is C27H37N3O4. The smallest absolute Gasteiger partial charge is 0.243 e. The van der Waals surface area contributed by atoms with Crippen molar-refractivity contribution in [1.29, 1.82) is 0 Å². The van der Waals surface area contributed by atoms with Crippen LogP contribution in [-0.2, 0) is 25.5 Å². The Bertz CT molecular complexity index is 894. The van der Waals surface area contributed by atoms with Gasteiger partial charge in [-0.3, -0.25) is 14.4 Å². The maximum absolute atomic E-state index is 13.6. The van der Waals surface area contributed by atoms with Gasteiger partial charge in [-0.05, 0) is 37.7 Å². The number of piperidine rings is 1. The van der Waals surface area contributed by atoms with E-state index >= 15 is 0 Å². The molecule has 0 aromatic heterocycles. The average molecular weight is 468 g/mol. The molecule has 3 aliphatic heterocycles. The number of benzene rings is 1. The number of carbonyl (C=O) groups excluding carboxylic acids is 3. The summed E-state index contributed by atoms with van der Waals surface area (Å²) in [7, 11) is 0. The molecule has 3 aliphatic rings. The summed E-state index contributed by atoms with van der Waals surface area (Å²) in [4.78, 5) is 41.4. The zero-order chi connectivity index (χ0) is 24.0. The molecule has 1 aromatic carbocycles. The number of ether oxygens (including phenoxy) is 1. The van der Waals surface area contributed by atoms with E-state index in [1.165, 1.54) is 0 Å². The van der Waals surface area contributed by atoms with Crippen molar-refractivity contribution in [2.24, 2.45) is 11.3 Å². The van der Waals surface area contributed by atoms with Gasteiger partial charge in [0, 0.05) is 51.1 Å². The van der Waals surface area contributed by atoms with Crippen LogP contribution in [-0.4, -0.2) is 61.0 Å². The molecule has 7 nitrogen and oxygen atoms in total. The van der Waals surface area contributed by atoms with Crippen molar-refractivity contribution < 1.29 is 19.1 Å². The van der Waals surface area contributed by atoms with Gasteiger partial charge in [0.05, 0.1) is 5.41 Å². The summed E-state index contributed by atoms with van der Waals surface area (Å²) >= 11 is 0. The number of carbonyl (C=O) groups is 3. The predicted molar refractivity (Wildman–Crippen MR) is 130 cm³/mol. The number of hydrogen-bond acceptors (Lipinski definition) is 4. The molecule has 3 atom stereocenters. The molecule has 4 rings (SSSR count). The summed E-state index contributed by atoms with van der Waals surface area (Å²) in [5, 5.41) is 6.37. The van der Waals surface area contributed by atoms with E-state index in [-0.39, 0.29) is 29.7 Å². The molecular weight excluding hydrogens is 430 g/mol. The first-order valence-electron chi connectivity index (χ1n) is 12.7. The Labute approximate surface area is 202 Å². The number of nitrogens with zero attached hydrogens (tertiary/aromatic N) is 1. The fourth-order valence-corrected chi connectivity index (χ4v) is 5.43. The quantitative estimate of drug-likeness (QED) is 0.669. The molecule has 1 spiro atoms. The maximum Gasteiger partial charge on any atom is 0.243 e. The van der Waals surface area contributed by atoms with Crippen molar-refractivity contribution in [3.8, 4) is 0 Å². The molecule has 2 saturated heterocycles. The van der Waals surface area contributed by atoms with E-state index in [4.69, 9.17) is 4.74 Å². The fourth-order valence-electron chi connectivity index (χ4n) is 5.43. The monoisotopic (exact) mass is 467 g/mol. The topological polar surface area (TPSA) is 87.7 Å². The third kappa shape index (κ3) is 5.69. The summed E-state index contributed by atoms with van der Waals surface area (Å²) < 4.78 is 5.56. The van der Waals surface area contributed by atoms with Crippen LogP contribution < -0.4 is 10.6 Å². The van der Waals surface area contributed by atoms with Gasteiger partial charge in [-0.1, -0.05) is 49.4 Å². The van der Waals surface area contributed by atoms with Gasteiger partial charge < -0.3 is 20.3 Å². The zero-order valence-electron chi connectivity index (χ0n) is 20.1. The van der Waals surface area contributed by atoms with Gasteiger partial charge in [0.15, 0.2) is 0 Å². The van der Waals surface area contributed by atoms with Crippen LogP contribution in [0.1, 0.15) is 51.0 Å². The second-order valence-corrected chi connectivity index (χ2v) is 9.88. The highest BCUT2D eigenvalue weighted by atomic mass is 16.5. The van der Waals surface area contributed by atoms with Crippen molar-refractivity contribution in [1.82, 2.24) is 15.5 Å². The number of fused-ring (bicyclic) bond motifs is 1. The van der Waals surface area contributed by atoms with Crippen molar-refractivity contribution in [3.05, 3.63) is 48.0 Å². The molecule has 3 amide bonds. The minimum Gasteiger partial charge on any atom is -0.381 e. The largest absolute Gasteiger partial charge is 0.381 e. The van der Waals surface area contributed by atoms with Crippen molar-refractivity contribution in [2.45, 2.75) is 64.0 Å². The van der Waals surface area contributed by atoms with Gasteiger partial charge in [-0.2, -0.15) is 0 Å². The summed E-state index contributed by atoms with van der Waals surface area (Å²) in [5.74, 6) is 0.115. The standard InChI is InChI=1S/C27H37N3O4/c1-2-24(31)30-15-11-22-21(19-30)10-6-7-12-27(13-16-34-17-14-27)26(33)29-23(25(32)28-22)18-20-8-4-3-5-9-20/h3-9,21-23H,2,10-19H2,1H3,(H,28,32)(H,29,33)/b7-6+/t21-,22+,23-/m1/s1. The molecule has 0 aliphatic carbocycles. The van der Waals surface area contributed by atoms with Crippen molar-refractivity contribution >= 4 is 17.7 Å². The highest BCUT2D eigenvalue weighted by molar-refractivity contribution is 5.90. The van der Waals surface area contributed by atoms with Crippen LogP contribution in [0, 0.1) is 11.3 Å². The number of amides is 3. The van der Waals surface area contributed by atoms with Crippen LogP contribution in [0.4, 0.5) is 0 Å². The SMILES string of the molecule is CCC(=O)N1CC[C@@H]2NC(=O)[C@@H](Cc3ccccc3)NC(=O)C3(C/C=C/C[C@@H]2C1)CCOCC3. The predicted octanol–water partition coefficient (Wildman–Crippen LogP) is 2.60. The van der Waals surface area contributed by atoms with E-state index in [2.05, 4.69) is 22.8 Å². The minimum atomic E-state index is -0.644. The van der Waals surface area contributed by atoms with Crippen LogP contribution in [0.3, 0.4) is 0 Å². The number of allylic oxidation sites excluding steroid dienone is 2. The van der Waals surface area contributed by atoms with E-state index in [1.807, 2.05) is 42.2 Å². The summed E-state index contributed by atoms with van der Waals surface area (Å²) in [5.41, 5.74) is 0.454. The number of nitrogens with one attached hydrogen (secondary N) is 2. The number of likely N-dealkylation sites (tertiary alicyclic amines) is 1. The number of hydrogen-bond donors (Lipinski definition) is 2. The van der Waals surface area contributed by atoms with E-state index in [0.717, 1.165) is 18.4 Å². The Kier molecular flexibility index (Phi) is 8.03. The second-order valence-electron chi connectivity index (χ2n) is 9.88. The number of rotatable bonds is 3. The lowest BCUT2D eigenvalue weighted by atomic mass is 9.75. The summed E-state index contributed by atoms with van der Waals surface area (Å²) in [6, 6.07) is 9.15. The normalized spacial score (nSPS) is 28.6. The molecule has 0 radical (unpaired) electrons. The van der Waals surface area contributed by atoms with Gasteiger partial charge in [0.2, 0.25) is 17.7 Å². The molecule has 7 heteroatoms. The van der Waals surface area contributed by atoms with E-state index < -0.39 is 11.5 Å². The van der Waals surface area contributed by atoms with Gasteiger partial charge >= 0.3 is 0 Å². The molecule has 0 unspecified atom stereocenters. The second kappa shape index (κ2) is 11.2. The first-order chi connectivity index (χ1) is 16.5. The van der Waals surface area contributed by atoms with E-state index in [9.17, 15) is 14.4 Å². The Morgan fingerprint density at radius 2 is 1.88 bits per heavy atom. The van der Waals surface area contributed by atoms with Gasteiger partial charge in [0.25, 0.3) is 0 Å². The van der Waals surface area contributed by atoms with Crippen LogP contribution in [0.2, 0.25) is 0 Å². The highest BCUT2D eigenvalue weighted by Crippen LogP contribution is 2.36. The maximum atomic E-state index is 13.6. The third-order valence-electron chi connectivity index (χ3n) is 7.67. The molecule has 0 bridgehead atoms. The molecule has 1 aromatic rings. The average Bonchev–Trinajstić information content (AvgIpc) is 2.87. The molecule has 2 N–H and O–H groups in total. The van der Waals surface area contributed by atoms with E-state index in [0.29, 0.717) is 58.4 Å². The molecule has 3 heterocycles. The lowest BCUT2D eigenvalue weighted by Gasteiger charge is -2.40. The van der Waals surface area contributed by atoms with Gasteiger partial charge in [-0.15, -0.1) is 0 Å². The summed E-state index contributed by atoms with van der Waals surface area (Å²) in [6.07, 6.45) is 8.63. The van der Waals surface area contributed by atoms with E-state index in [1.54, 1.807) is 0 Å². The summed E-state index contributed by atoms with van der Waals surface area (Å²) in [6.45, 7) is 4.29. The van der Waals surface area contributed by atoms with Crippen LogP contribution in [0.25, 0.3) is 0 Å².